The smallest absolute Gasteiger partial charge is 0.471 e. The van der Waals surface area contributed by atoms with Gasteiger partial charge in [-0.05, 0) is 19.3 Å². The highest BCUT2D eigenvalue weighted by molar-refractivity contribution is 5.87. The summed E-state index contributed by atoms with van der Waals surface area (Å²) in [5.74, 6) is -3.44. The topological polar surface area (TPSA) is 57.6 Å². The summed E-state index contributed by atoms with van der Waals surface area (Å²) < 4.78 is 36.3. The summed E-state index contributed by atoms with van der Waals surface area (Å²) in [5.41, 5.74) is 0. The Morgan fingerprint density at radius 1 is 1.27 bits per heavy atom. The van der Waals surface area contributed by atoms with Crippen LogP contribution in [-0.2, 0) is 9.59 Å². The predicted octanol–water partition coefficient (Wildman–Crippen LogP) is 1.01. The van der Waals surface area contributed by atoms with Gasteiger partial charge in [0.05, 0.1) is 0 Å². The third-order valence-electron chi connectivity index (χ3n) is 2.29. The molecule has 1 saturated heterocycles. The van der Waals surface area contributed by atoms with Crippen LogP contribution < -0.4 is 0 Å². The van der Waals surface area contributed by atoms with Gasteiger partial charge in [0.15, 0.2) is 0 Å². The van der Waals surface area contributed by atoms with Crippen molar-refractivity contribution in [2.24, 2.45) is 0 Å². The van der Waals surface area contributed by atoms with Crippen molar-refractivity contribution in [2.75, 3.05) is 6.54 Å². The van der Waals surface area contributed by atoms with Gasteiger partial charge in [-0.2, -0.15) is 13.2 Å². The first-order valence-electron chi connectivity index (χ1n) is 4.44. The van der Waals surface area contributed by atoms with E-state index in [9.17, 15) is 22.8 Å². The minimum absolute atomic E-state index is 0.0805. The zero-order chi connectivity index (χ0) is 11.6. The molecule has 0 aromatic rings. The first-order chi connectivity index (χ1) is 6.84. The first-order valence-corrected chi connectivity index (χ1v) is 4.44. The minimum atomic E-state index is -5.00. The van der Waals surface area contributed by atoms with Gasteiger partial charge in [0.2, 0.25) is 0 Å². The lowest BCUT2D eigenvalue weighted by atomic mass is 10.0. The van der Waals surface area contributed by atoms with Gasteiger partial charge in [-0.1, -0.05) is 0 Å². The lowest BCUT2D eigenvalue weighted by Crippen LogP contribution is -2.52. The standard InChI is InChI=1S/C8H10F3NO3/c9-8(10,11)7(15)12-4-2-1-3-5(12)6(13)14/h5H,1-4H2,(H,13,14)/t5-/m0/s1. The molecule has 1 heterocycles. The molecule has 1 fully saturated rings. The van der Waals surface area contributed by atoms with Gasteiger partial charge in [-0.15, -0.1) is 0 Å². The Hall–Kier alpha value is -1.27. The van der Waals surface area contributed by atoms with Crippen LogP contribution in [-0.4, -0.2) is 40.6 Å². The van der Waals surface area contributed by atoms with Crippen LogP contribution in [0.15, 0.2) is 0 Å². The number of nitrogens with zero attached hydrogens (tertiary/aromatic N) is 1. The number of amides is 1. The molecular formula is C8H10F3NO3. The number of rotatable bonds is 1. The van der Waals surface area contributed by atoms with Crippen molar-refractivity contribution in [3.63, 3.8) is 0 Å². The zero-order valence-electron chi connectivity index (χ0n) is 7.75. The fourth-order valence-electron chi connectivity index (χ4n) is 1.59. The molecule has 1 rings (SSSR count). The Labute approximate surface area is 83.7 Å². The van der Waals surface area contributed by atoms with Crippen LogP contribution in [0.1, 0.15) is 19.3 Å². The highest BCUT2D eigenvalue weighted by Crippen LogP contribution is 2.25. The highest BCUT2D eigenvalue weighted by Gasteiger charge is 2.46. The summed E-state index contributed by atoms with van der Waals surface area (Å²) in [6.45, 7) is -0.144. The van der Waals surface area contributed by atoms with Gasteiger partial charge in [0, 0.05) is 6.54 Å². The van der Waals surface area contributed by atoms with Gasteiger partial charge in [-0.3, -0.25) is 4.79 Å². The van der Waals surface area contributed by atoms with E-state index in [0.29, 0.717) is 17.7 Å². The van der Waals surface area contributed by atoms with Gasteiger partial charge in [-0.25, -0.2) is 4.79 Å². The predicted molar refractivity (Wildman–Crippen MR) is 43.0 cm³/mol. The Morgan fingerprint density at radius 2 is 1.87 bits per heavy atom. The Kier molecular flexibility index (Phi) is 3.21. The number of aliphatic carboxylic acids is 1. The molecule has 86 valence electrons. The summed E-state index contributed by atoms with van der Waals surface area (Å²) >= 11 is 0. The van der Waals surface area contributed by atoms with E-state index in [1.807, 2.05) is 0 Å². The number of carboxylic acid groups (broad SMARTS) is 1. The van der Waals surface area contributed by atoms with Crippen molar-refractivity contribution in [2.45, 2.75) is 31.5 Å². The van der Waals surface area contributed by atoms with Crippen LogP contribution in [0.2, 0.25) is 0 Å². The van der Waals surface area contributed by atoms with E-state index in [1.165, 1.54) is 0 Å². The molecule has 0 aromatic carbocycles. The van der Waals surface area contributed by atoms with E-state index in [0.717, 1.165) is 0 Å². The van der Waals surface area contributed by atoms with Crippen LogP contribution in [0, 0.1) is 0 Å². The molecule has 1 aliphatic heterocycles. The van der Waals surface area contributed by atoms with Crippen LogP contribution in [0.25, 0.3) is 0 Å². The molecule has 1 aliphatic rings. The summed E-state index contributed by atoms with van der Waals surface area (Å²) in [5, 5.41) is 8.66. The molecule has 0 radical (unpaired) electrons. The molecule has 0 unspecified atom stereocenters. The van der Waals surface area contributed by atoms with E-state index in [2.05, 4.69) is 0 Å². The number of likely N-dealkylation sites (tertiary alicyclic amines) is 1. The van der Waals surface area contributed by atoms with Crippen molar-refractivity contribution in [3.05, 3.63) is 0 Å². The monoisotopic (exact) mass is 225 g/mol. The molecule has 0 bridgehead atoms. The molecule has 0 aliphatic carbocycles. The van der Waals surface area contributed by atoms with Crippen molar-refractivity contribution < 1.29 is 27.9 Å². The number of hydrogen-bond donors (Lipinski definition) is 1. The molecule has 7 heteroatoms. The third kappa shape index (κ3) is 2.60. The number of halogens is 3. The average molecular weight is 225 g/mol. The molecular weight excluding hydrogens is 215 g/mol. The fraction of sp³-hybridized carbons (Fsp3) is 0.750. The number of carbonyl (C=O) groups is 2. The second-order valence-electron chi connectivity index (χ2n) is 3.35. The summed E-state index contributed by atoms with van der Waals surface area (Å²) in [6, 6.07) is -1.34. The quantitative estimate of drug-likeness (QED) is 0.724. The Balaban J connectivity index is 2.81. The van der Waals surface area contributed by atoms with Crippen LogP contribution in [0.3, 0.4) is 0 Å². The van der Waals surface area contributed by atoms with E-state index in [4.69, 9.17) is 5.11 Å². The largest absolute Gasteiger partial charge is 0.480 e. The Bertz CT molecular complexity index is 277. The van der Waals surface area contributed by atoms with E-state index in [1.54, 1.807) is 0 Å². The van der Waals surface area contributed by atoms with Crippen molar-refractivity contribution >= 4 is 11.9 Å². The van der Waals surface area contributed by atoms with Crippen LogP contribution >= 0.6 is 0 Å². The highest BCUT2D eigenvalue weighted by atomic mass is 19.4. The molecule has 4 nitrogen and oxygen atoms in total. The zero-order valence-corrected chi connectivity index (χ0v) is 7.75. The maximum absolute atomic E-state index is 12.1. The molecule has 15 heavy (non-hydrogen) atoms. The van der Waals surface area contributed by atoms with Crippen molar-refractivity contribution in [1.29, 1.82) is 0 Å². The normalized spacial score (nSPS) is 22.6. The maximum Gasteiger partial charge on any atom is 0.471 e. The average Bonchev–Trinajstić information content (AvgIpc) is 2.15. The number of carbonyl (C=O) groups excluding carboxylic acids is 1. The number of alkyl halides is 3. The molecule has 1 atom stereocenters. The Morgan fingerprint density at radius 3 is 2.33 bits per heavy atom. The van der Waals surface area contributed by atoms with Gasteiger partial charge >= 0.3 is 18.1 Å². The van der Waals surface area contributed by atoms with E-state index >= 15 is 0 Å². The molecule has 0 aromatic heterocycles. The van der Waals surface area contributed by atoms with E-state index < -0.39 is 24.1 Å². The summed E-state index contributed by atoms with van der Waals surface area (Å²) in [4.78, 5) is 21.9. The second-order valence-corrected chi connectivity index (χ2v) is 3.35. The van der Waals surface area contributed by atoms with E-state index in [-0.39, 0.29) is 13.0 Å². The van der Waals surface area contributed by atoms with Crippen molar-refractivity contribution in [3.8, 4) is 0 Å². The van der Waals surface area contributed by atoms with Crippen LogP contribution in [0.5, 0.6) is 0 Å². The lowest BCUT2D eigenvalue weighted by molar-refractivity contribution is -0.191. The molecule has 0 saturated carbocycles. The third-order valence-corrected chi connectivity index (χ3v) is 2.29. The second kappa shape index (κ2) is 4.08. The number of carboxylic acids is 1. The minimum Gasteiger partial charge on any atom is -0.480 e. The summed E-state index contributed by atoms with van der Waals surface area (Å²) in [6.07, 6.45) is -3.98. The van der Waals surface area contributed by atoms with Crippen LogP contribution in [0.4, 0.5) is 13.2 Å². The summed E-state index contributed by atoms with van der Waals surface area (Å²) in [7, 11) is 0. The van der Waals surface area contributed by atoms with Gasteiger partial charge in [0.25, 0.3) is 0 Å². The molecule has 0 spiro atoms. The van der Waals surface area contributed by atoms with Gasteiger partial charge in [0.1, 0.15) is 6.04 Å². The first kappa shape index (κ1) is 11.8. The van der Waals surface area contributed by atoms with Gasteiger partial charge < -0.3 is 10.0 Å². The fourth-order valence-corrected chi connectivity index (χ4v) is 1.59. The lowest BCUT2D eigenvalue weighted by Gasteiger charge is -2.33. The number of hydrogen-bond acceptors (Lipinski definition) is 2. The maximum atomic E-state index is 12.1. The molecule has 1 N–H and O–H groups in total. The number of piperidine rings is 1. The SMILES string of the molecule is O=C(O)[C@@H]1CCCCN1C(=O)C(F)(F)F. The van der Waals surface area contributed by atoms with Crippen molar-refractivity contribution in [1.82, 2.24) is 4.90 Å². The molecule has 1 amide bonds.